The zero-order chi connectivity index (χ0) is 14.1. The quantitative estimate of drug-likeness (QED) is 0.634. The first kappa shape index (κ1) is 15.5. The minimum Gasteiger partial charge on any atom is -0.490 e. The van der Waals surface area contributed by atoms with Gasteiger partial charge < -0.3 is 14.6 Å². The molecule has 0 aromatic heterocycles. The van der Waals surface area contributed by atoms with Gasteiger partial charge in [-0.2, -0.15) is 0 Å². The van der Waals surface area contributed by atoms with E-state index in [0.29, 0.717) is 30.9 Å². The Bertz CT molecular complexity index is 446. The van der Waals surface area contributed by atoms with E-state index in [-0.39, 0.29) is 18.5 Å². The Morgan fingerprint density at radius 3 is 2.79 bits per heavy atom. The lowest BCUT2D eigenvalue weighted by molar-refractivity contribution is 0.0551. The van der Waals surface area contributed by atoms with Gasteiger partial charge in [0.05, 0.1) is 24.9 Å². The summed E-state index contributed by atoms with van der Waals surface area (Å²) in [6.07, 6.45) is 0.521. The first-order valence-electron chi connectivity index (χ1n) is 6.27. The molecule has 0 fully saturated rings. The van der Waals surface area contributed by atoms with Crippen molar-refractivity contribution in [3.05, 3.63) is 29.6 Å². The third kappa shape index (κ3) is 6.23. The van der Waals surface area contributed by atoms with Crippen molar-refractivity contribution in [2.75, 3.05) is 19.8 Å². The average molecular weight is 266 g/mol. The van der Waals surface area contributed by atoms with Gasteiger partial charge in [-0.1, -0.05) is 11.8 Å². The molecule has 0 bridgehead atoms. The number of ether oxygens (including phenoxy) is 2. The maximum atomic E-state index is 13.2. The Balaban J connectivity index is 2.64. The van der Waals surface area contributed by atoms with Crippen molar-refractivity contribution >= 4 is 0 Å². The van der Waals surface area contributed by atoms with Crippen LogP contribution in [0, 0.1) is 17.7 Å². The van der Waals surface area contributed by atoms with Crippen LogP contribution in [0.1, 0.15) is 25.8 Å². The van der Waals surface area contributed by atoms with Gasteiger partial charge in [-0.05, 0) is 26.0 Å². The molecule has 19 heavy (non-hydrogen) atoms. The highest BCUT2D eigenvalue weighted by Crippen LogP contribution is 2.19. The van der Waals surface area contributed by atoms with Crippen LogP contribution in [0.15, 0.2) is 18.2 Å². The second kappa shape index (κ2) is 8.52. The van der Waals surface area contributed by atoms with Gasteiger partial charge in [-0.3, -0.25) is 0 Å². The lowest BCUT2D eigenvalue weighted by Gasteiger charge is -2.10. The highest BCUT2D eigenvalue weighted by Gasteiger charge is 2.04. The second-order valence-corrected chi connectivity index (χ2v) is 4.18. The van der Waals surface area contributed by atoms with Crippen LogP contribution < -0.4 is 4.74 Å². The predicted molar refractivity (Wildman–Crippen MR) is 71.6 cm³/mol. The van der Waals surface area contributed by atoms with Crippen molar-refractivity contribution in [2.24, 2.45) is 0 Å². The maximum absolute atomic E-state index is 13.2. The van der Waals surface area contributed by atoms with E-state index < -0.39 is 0 Å². The van der Waals surface area contributed by atoms with E-state index in [1.165, 1.54) is 12.1 Å². The molecular weight excluding hydrogens is 247 g/mol. The molecule has 0 heterocycles. The van der Waals surface area contributed by atoms with Gasteiger partial charge in [0.15, 0.2) is 0 Å². The maximum Gasteiger partial charge on any atom is 0.137 e. The fourth-order valence-corrected chi connectivity index (χ4v) is 1.37. The van der Waals surface area contributed by atoms with Gasteiger partial charge in [-0.25, -0.2) is 4.39 Å². The standard InChI is InChI=1S/C15H19FO3/c1-12(2)18-9-10-19-15-11-14(16)7-6-13(15)5-3-4-8-17/h6-7,11-12,17H,4,8-10H2,1-2H3. The van der Waals surface area contributed by atoms with Gasteiger partial charge in [0.1, 0.15) is 18.2 Å². The molecule has 0 radical (unpaired) electrons. The number of rotatable bonds is 6. The number of aliphatic hydroxyl groups is 1. The van der Waals surface area contributed by atoms with E-state index >= 15 is 0 Å². The molecule has 0 saturated heterocycles. The van der Waals surface area contributed by atoms with E-state index in [9.17, 15) is 4.39 Å². The van der Waals surface area contributed by atoms with Gasteiger partial charge in [0.25, 0.3) is 0 Å². The molecule has 1 aromatic carbocycles. The van der Waals surface area contributed by atoms with Crippen LogP contribution in [0.4, 0.5) is 4.39 Å². The van der Waals surface area contributed by atoms with E-state index in [2.05, 4.69) is 11.8 Å². The molecule has 0 aliphatic carbocycles. The largest absolute Gasteiger partial charge is 0.490 e. The zero-order valence-corrected chi connectivity index (χ0v) is 11.3. The van der Waals surface area contributed by atoms with Crippen LogP contribution in [0.5, 0.6) is 5.75 Å². The zero-order valence-electron chi connectivity index (χ0n) is 11.3. The molecule has 1 aromatic rings. The van der Waals surface area contributed by atoms with Crippen LogP contribution >= 0.6 is 0 Å². The summed E-state index contributed by atoms with van der Waals surface area (Å²) in [5.74, 6) is 5.67. The summed E-state index contributed by atoms with van der Waals surface area (Å²) >= 11 is 0. The molecule has 104 valence electrons. The van der Waals surface area contributed by atoms with E-state index in [0.717, 1.165) is 0 Å². The summed E-state index contributed by atoms with van der Waals surface area (Å²) in [5.41, 5.74) is 0.611. The Hall–Kier alpha value is -1.57. The van der Waals surface area contributed by atoms with E-state index in [4.69, 9.17) is 14.6 Å². The molecule has 0 unspecified atom stereocenters. The molecular formula is C15H19FO3. The molecule has 1 rings (SSSR count). The molecule has 0 aliphatic heterocycles. The SMILES string of the molecule is CC(C)OCCOc1cc(F)ccc1C#CCCO. The number of halogens is 1. The fraction of sp³-hybridized carbons (Fsp3) is 0.467. The molecule has 0 saturated carbocycles. The molecule has 1 N–H and O–H groups in total. The predicted octanol–water partition coefficient (Wildman–Crippen LogP) is 2.36. The fourth-order valence-electron chi connectivity index (χ4n) is 1.37. The van der Waals surface area contributed by atoms with Crippen molar-refractivity contribution in [3.8, 4) is 17.6 Å². The summed E-state index contributed by atoms with van der Waals surface area (Å²) in [6.45, 7) is 4.67. The first-order chi connectivity index (χ1) is 9.13. The third-order valence-electron chi connectivity index (χ3n) is 2.20. The molecule has 0 amide bonds. The Labute approximate surface area is 113 Å². The summed E-state index contributed by atoms with van der Waals surface area (Å²) in [4.78, 5) is 0. The van der Waals surface area contributed by atoms with E-state index in [1.807, 2.05) is 13.8 Å². The minimum atomic E-state index is -0.368. The third-order valence-corrected chi connectivity index (χ3v) is 2.20. The number of benzene rings is 1. The lowest BCUT2D eigenvalue weighted by atomic mass is 10.2. The molecule has 3 nitrogen and oxygen atoms in total. The second-order valence-electron chi connectivity index (χ2n) is 4.18. The number of hydrogen-bond donors (Lipinski definition) is 1. The van der Waals surface area contributed by atoms with Gasteiger partial charge in [-0.15, -0.1) is 0 Å². The van der Waals surface area contributed by atoms with Gasteiger partial charge >= 0.3 is 0 Å². The monoisotopic (exact) mass is 266 g/mol. The Morgan fingerprint density at radius 1 is 1.32 bits per heavy atom. The molecule has 0 spiro atoms. The highest BCUT2D eigenvalue weighted by atomic mass is 19.1. The summed E-state index contributed by atoms with van der Waals surface area (Å²) in [6, 6.07) is 4.21. The van der Waals surface area contributed by atoms with E-state index in [1.54, 1.807) is 6.07 Å². The highest BCUT2D eigenvalue weighted by molar-refractivity contribution is 5.46. The lowest BCUT2D eigenvalue weighted by Crippen LogP contribution is -2.11. The molecule has 0 atom stereocenters. The number of hydrogen-bond acceptors (Lipinski definition) is 3. The normalized spacial score (nSPS) is 10.2. The molecule has 0 aliphatic rings. The van der Waals surface area contributed by atoms with Crippen LogP contribution in [0.3, 0.4) is 0 Å². The van der Waals surface area contributed by atoms with Gasteiger partial charge in [0.2, 0.25) is 0 Å². The Kier molecular flexibility index (Phi) is 6.94. The number of aliphatic hydroxyl groups excluding tert-OH is 1. The smallest absolute Gasteiger partial charge is 0.137 e. The minimum absolute atomic E-state index is 0.00656. The topological polar surface area (TPSA) is 38.7 Å². The van der Waals surface area contributed by atoms with Crippen LogP contribution in [0.2, 0.25) is 0 Å². The van der Waals surface area contributed by atoms with Crippen LogP contribution in [-0.4, -0.2) is 31.0 Å². The van der Waals surface area contributed by atoms with Crippen molar-refractivity contribution in [1.82, 2.24) is 0 Å². The van der Waals surface area contributed by atoms with Crippen molar-refractivity contribution in [2.45, 2.75) is 26.4 Å². The summed E-state index contributed by atoms with van der Waals surface area (Å²) < 4.78 is 24.0. The average Bonchev–Trinajstić information content (AvgIpc) is 2.37. The molecule has 4 heteroatoms. The summed E-state index contributed by atoms with van der Waals surface area (Å²) in [5, 5.41) is 8.67. The first-order valence-corrected chi connectivity index (χ1v) is 6.27. The van der Waals surface area contributed by atoms with Crippen molar-refractivity contribution in [1.29, 1.82) is 0 Å². The van der Waals surface area contributed by atoms with Crippen molar-refractivity contribution < 1.29 is 19.0 Å². The van der Waals surface area contributed by atoms with Crippen molar-refractivity contribution in [3.63, 3.8) is 0 Å². The van der Waals surface area contributed by atoms with Crippen LogP contribution in [-0.2, 0) is 4.74 Å². The Morgan fingerprint density at radius 2 is 2.11 bits per heavy atom. The van der Waals surface area contributed by atoms with Gasteiger partial charge in [0, 0.05) is 12.5 Å². The van der Waals surface area contributed by atoms with Crippen LogP contribution in [0.25, 0.3) is 0 Å². The summed E-state index contributed by atoms with van der Waals surface area (Å²) in [7, 11) is 0.